The second-order valence-corrected chi connectivity index (χ2v) is 24.4. The molecule has 0 aromatic carbocycles. The van der Waals surface area contributed by atoms with Crippen LogP contribution >= 0.6 is 0 Å². The summed E-state index contributed by atoms with van der Waals surface area (Å²) in [5, 5.41) is 0. The van der Waals surface area contributed by atoms with E-state index in [0.29, 0.717) is 0 Å². The summed E-state index contributed by atoms with van der Waals surface area (Å²) in [6.07, 6.45) is 21.5. The smallest absolute Gasteiger partial charge is 0.373 e. The van der Waals surface area contributed by atoms with E-state index in [1.807, 2.05) is 0 Å². The molecule has 0 saturated heterocycles. The molecule has 3 saturated carbocycles. The highest BCUT2D eigenvalue weighted by Crippen LogP contribution is 2.34. The van der Waals surface area contributed by atoms with E-state index < -0.39 is 32.2 Å². The van der Waals surface area contributed by atoms with Crippen molar-refractivity contribution in [3.63, 3.8) is 0 Å². The molecule has 3 aliphatic rings. The summed E-state index contributed by atoms with van der Waals surface area (Å²) < 4.78 is 41.1. The lowest BCUT2D eigenvalue weighted by molar-refractivity contribution is -0.218. The lowest BCUT2D eigenvalue weighted by Crippen LogP contribution is -2.59. The van der Waals surface area contributed by atoms with Crippen LogP contribution in [0.4, 0.5) is 0 Å². The first kappa shape index (κ1) is 31.9. The Morgan fingerprint density at radius 2 is 0.676 bits per heavy atom. The molecule has 0 unspecified atom stereocenters. The first-order valence-electron chi connectivity index (χ1n) is 15.6. The van der Waals surface area contributed by atoms with Crippen LogP contribution < -0.4 is 0 Å². The summed E-state index contributed by atoms with van der Waals surface area (Å²) in [7, 11) is -7.54. The molecule has 0 aromatic rings. The van der Waals surface area contributed by atoms with Crippen molar-refractivity contribution in [3.8, 4) is 0 Å². The Bertz CT molecular complexity index is 543. The molecule has 0 heterocycles. The van der Waals surface area contributed by atoms with Crippen LogP contribution in [0.2, 0.25) is 39.3 Å². The van der Waals surface area contributed by atoms with E-state index >= 15 is 0 Å². The molecule has 0 atom stereocenters. The van der Waals surface area contributed by atoms with Gasteiger partial charge in [-0.15, -0.1) is 0 Å². The molecule has 0 aliphatic heterocycles. The summed E-state index contributed by atoms with van der Waals surface area (Å²) >= 11 is 0. The van der Waals surface area contributed by atoms with Crippen molar-refractivity contribution in [2.45, 2.75) is 180 Å². The zero-order valence-corrected chi connectivity index (χ0v) is 28.0. The molecule has 0 aromatic heterocycles. The van der Waals surface area contributed by atoms with Crippen LogP contribution in [0.3, 0.4) is 0 Å². The Balaban J connectivity index is 1.94. The highest BCUT2D eigenvalue weighted by Gasteiger charge is 2.54. The molecule has 218 valence electrons. The molecule has 0 N–H and O–H groups in total. The van der Waals surface area contributed by atoms with Crippen molar-refractivity contribution in [1.82, 2.24) is 0 Å². The van der Waals surface area contributed by atoms with Gasteiger partial charge >= 0.3 is 9.05 Å². The van der Waals surface area contributed by atoms with Gasteiger partial charge in [0.05, 0.1) is 18.3 Å². The third-order valence-electron chi connectivity index (χ3n) is 7.48. The van der Waals surface area contributed by atoms with E-state index in [2.05, 4.69) is 39.3 Å². The maximum atomic E-state index is 7.05. The molecule has 3 rings (SSSR count). The third-order valence-corrected chi connectivity index (χ3v) is 11.6. The maximum Gasteiger partial charge on any atom is 0.684 e. The van der Waals surface area contributed by atoms with Crippen molar-refractivity contribution >= 4 is 25.7 Å². The monoisotopic (exact) mass is 574 g/mol. The predicted octanol–water partition coefficient (Wildman–Crippen LogP) is 8.64. The topological polar surface area (TPSA) is 55.4 Å². The van der Waals surface area contributed by atoms with Crippen molar-refractivity contribution in [1.29, 1.82) is 0 Å². The maximum absolute atomic E-state index is 7.05. The molecule has 0 spiro atoms. The van der Waals surface area contributed by atoms with Crippen molar-refractivity contribution in [2.75, 3.05) is 0 Å². The fourth-order valence-electron chi connectivity index (χ4n) is 5.63. The molecular formula is C28H58O6Si3. The highest BCUT2D eigenvalue weighted by atomic mass is 28.4. The zero-order valence-electron chi connectivity index (χ0n) is 25.0. The Morgan fingerprint density at radius 3 is 0.919 bits per heavy atom. The minimum Gasteiger partial charge on any atom is -0.373 e. The number of hydrogen-bond donors (Lipinski definition) is 0. The number of hydrogen-bond acceptors (Lipinski definition) is 6. The van der Waals surface area contributed by atoms with Gasteiger partial charge in [-0.3, -0.25) is 0 Å². The van der Waals surface area contributed by atoms with E-state index in [4.69, 9.17) is 26.6 Å². The quantitative estimate of drug-likeness (QED) is 0.132. The van der Waals surface area contributed by atoms with Gasteiger partial charge < -0.3 is 26.6 Å². The van der Waals surface area contributed by atoms with Crippen molar-refractivity contribution in [2.24, 2.45) is 0 Å². The molecule has 0 bridgehead atoms. The van der Waals surface area contributed by atoms with Gasteiger partial charge in [-0.05, 0) is 77.8 Å². The van der Waals surface area contributed by atoms with Gasteiger partial charge in [0.2, 0.25) is 6.48 Å². The Morgan fingerprint density at radius 1 is 0.405 bits per heavy atom. The zero-order chi connectivity index (χ0) is 26.8. The number of rotatable bonds is 12. The summed E-state index contributed by atoms with van der Waals surface area (Å²) in [4.78, 5) is 0. The minimum atomic E-state index is -3.59. The van der Waals surface area contributed by atoms with Gasteiger partial charge in [0.25, 0.3) is 0 Å². The van der Waals surface area contributed by atoms with Gasteiger partial charge in [-0.2, -0.15) is 0 Å². The molecule has 3 aliphatic carbocycles. The van der Waals surface area contributed by atoms with Crippen LogP contribution in [0, 0.1) is 0 Å². The van der Waals surface area contributed by atoms with Gasteiger partial charge in [0, 0.05) is 0 Å². The largest absolute Gasteiger partial charge is 0.684 e. The van der Waals surface area contributed by atoms with E-state index in [1.165, 1.54) is 77.0 Å². The normalized spacial score (nSPS) is 23.1. The Hall–Kier alpha value is 0.411. The summed E-state index contributed by atoms with van der Waals surface area (Å²) in [5.41, 5.74) is 0. The third kappa shape index (κ3) is 13.1. The molecule has 9 heteroatoms. The standard InChI is InChI=1S/C28H58O6Si3/c1-35(2,3)32-28(33-36(4,5)6)34-37(29-25-19-13-7-8-14-20-25,30-26-21-15-9-10-16-22-26)31-27-23-17-11-12-18-24-27/h25-28H,7-24H2,1-6H3. The fraction of sp³-hybridized carbons (Fsp3) is 1.00. The van der Waals surface area contributed by atoms with E-state index in [0.717, 1.165) is 38.5 Å². The first-order chi connectivity index (χ1) is 17.5. The molecular weight excluding hydrogens is 517 g/mol. The van der Waals surface area contributed by atoms with Crippen LogP contribution in [0.5, 0.6) is 0 Å². The summed E-state index contributed by atoms with van der Waals surface area (Å²) in [6.45, 7) is 12.3. The highest BCUT2D eigenvalue weighted by molar-refractivity contribution is 6.70. The van der Waals surface area contributed by atoms with Crippen LogP contribution in [0.1, 0.15) is 116 Å². The van der Waals surface area contributed by atoms with Gasteiger partial charge in [-0.1, -0.05) is 77.0 Å². The van der Waals surface area contributed by atoms with Crippen molar-refractivity contribution < 1.29 is 26.6 Å². The second kappa shape index (κ2) is 15.4. The van der Waals surface area contributed by atoms with Crippen molar-refractivity contribution in [3.05, 3.63) is 0 Å². The van der Waals surface area contributed by atoms with E-state index in [1.54, 1.807) is 0 Å². The predicted molar refractivity (Wildman–Crippen MR) is 157 cm³/mol. The SMILES string of the molecule is C[Si](C)(C)OC(O[Si](C)(C)C)O[Si](OC1CCCCCC1)(OC1CCCCCC1)OC1CCCCCC1. The molecule has 0 amide bonds. The lowest BCUT2D eigenvalue weighted by Gasteiger charge is -2.40. The van der Waals surface area contributed by atoms with Crippen LogP contribution in [0.25, 0.3) is 0 Å². The Kier molecular flexibility index (Phi) is 13.3. The molecule has 3 fully saturated rings. The summed E-state index contributed by atoms with van der Waals surface area (Å²) in [6, 6.07) is 0. The van der Waals surface area contributed by atoms with E-state index in [9.17, 15) is 0 Å². The van der Waals surface area contributed by atoms with Gasteiger partial charge in [0.15, 0.2) is 16.6 Å². The molecule has 6 nitrogen and oxygen atoms in total. The van der Waals surface area contributed by atoms with Crippen LogP contribution in [0.15, 0.2) is 0 Å². The fourth-order valence-corrected chi connectivity index (χ4v) is 9.86. The van der Waals surface area contributed by atoms with Crippen LogP contribution in [-0.4, -0.2) is 50.5 Å². The van der Waals surface area contributed by atoms with Crippen LogP contribution in [-0.2, 0) is 26.6 Å². The minimum absolute atomic E-state index is 0.116. The first-order valence-corrected chi connectivity index (χ1v) is 24.0. The Labute approximate surface area is 231 Å². The summed E-state index contributed by atoms with van der Waals surface area (Å²) in [5.74, 6) is 0. The van der Waals surface area contributed by atoms with Gasteiger partial charge in [-0.25, -0.2) is 0 Å². The average molecular weight is 575 g/mol. The van der Waals surface area contributed by atoms with Gasteiger partial charge in [0.1, 0.15) is 0 Å². The average Bonchev–Trinajstić information content (AvgIpc) is 3.28. The second-order valence-electron chi connectivity index (χ2n) is 13.6. The molecule has 37 heavy (non-hydrogen) atoms. The molecule has 0 radical (unpaired) electrons. The van der Waals surface area contributed by atoms with E-state index in [-0.39, 0.29) is 18.3 Å². The lowest BCUT2D eigenvalue weighted by atomic mass is 10.2.